The number of nitrogen functional groups attached to an aromatic ring is 1. The minimum atomic E-state index is -3.09. The van der Waals surface area contributed by atoms with Crippen LogP contribution < -0.4 is 5.73 Å². The number of benzene rings is 1. The molecule has 2 N–H and O–H groups in total. The summed E-state index contributed by atoms with van der Waals surface area (Å²) in [7, 11) is 0. The van der Waals surface area contributed by atoms with Gasteiger partial charge in [0.05, 0.1) is 0 Å². The molecule has 1 aromatic rings. The molecule has 1 nitrogen and oxygen atoms in total. The highest BCUT2D eigenvalue weighted by Gasteiger charge is 2.27. The molecule has 1 aromatic carbocycles. The predicted octanol–water partition coefficient (Wildman–Crippen LogP) is 2.94. The van der Waals surface area contributed by atoms with Gasteiger partial charge in [0, 0.05) is 18.2 Å². The van der Waals surface area contributed by atoms with E-state index in [9.17, 15) is 13.2 Å². The second-order valence-electron chi connectivity index (χ2n) is 2.62. The molecule has 0 unspecified atom stereocenters. The second kappa shape index (κ2) is 3.87. The third kappa shape index (κ3) is 2.81. The summed E-state index contributed by atoms with van der Waals surface area (Å²) in [4.78, 5) is 0. The summed E-state index contributed by atoms with van der Waals surface area (Å²) >= 11 is 0. The maximum absolute atomic E-state index is 12.6. The zero-order valence-corrected chi connectivity index (χ0v) is 7.67. The average molecular weight is 212 g/mol. The second-order valence-corrected chi connectivity index (χ2v) is 2.62. The van der Waals surface area contributed by atoms with Gasteiger partial charge in [0.2, 0.25) is 0 Å². The van der Waals surface area contributed by atoms with Gasteiger partial charge in [-0.15, -0.1) is 12.4 Å². The van der Waals surface area contributed by atoms with Crippen LogP contribution in [-0.4, -0.2) is 0 Å². The lowest BCUT2D eigenvalue weighted by atomic mass is 10.1. The monoisotopic (exact) mass is 211 g/mol. The summed E-state index contributed by atoms with van der Waals surface area (Å²) < 4.78 is 37.8. The molecule has 5 heteroatoms. The molecule has 1 rings (SSSR count). The third-order valence-corrected chi connectivity index (χ3v) is 1.49. The highest BCUT2D eigenvalue weighted by atomic mass is 35.5. The number of alkyl halides is 2. The average Bonchev–Trinajstić information content (AvgIpc) is 1.92. The molecule has 0 aliphatic rings. The van der Waals surface area contributed by atoms with E-state index < -0.39 is 17.3 Å². The van der Waals surface area contributed by atoms with Crippen molar-refractivity contribution in [2.45, 2.75) is 12.8 Å². The Labute approximate surface area is 80.2 Å². The molecule has 0 spiro atoms. The van der Waals surface area contributed by atoms with Crippen molar-refractivity contribution in [2.24, 2.45) is 0 Å². The van der Waals surface area contributed by atoms with Gasteiger partial charge in [-0.3, -0.25) is 0 Å². The summed E-state index contributed by atoms with van der Waals surface area (Å²) in [6, 6.07) is 2.92. The van der Waals surface area contributed by atoms with Gasteiger partial charge in [-0.2, -0.15) is 0 Å². The number of hydrogen-bond donors (Lipinski definition) is 1. The molecule has 0 bridgehead atoms. The van der Waals surface area contributed by atoms with Gasteiger partial charge < -0.3 is 5.73 Å². The van der Waals surface area contributed by atoms with E-state index in [1.807, 2.05) is 0 Å². The van der Waals surface area contributed by atoms with Crippen molar-refractivity contribution < 1.29 is 13.2 Å². The number of rotatable bonds is 1. The maximum Gasteiger partial charge on any atom is 0.272 e. The molecule has 0 radical (unpaired) electrons. The van der Waals surface area contributed by atoms with Crippen molar-refractivity contribution in [3.8, 4) is 0 Å². The zero-order valence-electron chi connectivity index (χ0n) is 6.85. The van der Waals surface area contributed by atoms with Gasteiger partial charge in [-0.25, -0.2) is 13.2 Å². The van der Waals surface area contributed by atoms with Crippen molar-refractivity contribution in [3.05, 3.63) is 29.6 Å². The van der Waals surface area contributed by atoms with Gasteiger partial charge in [0.15, 0.2) is 0 Å². The highest BCUT2D eigenvalue weighted by molar-refractivity contribution is 5.85. The Morgan fingerprint density at radius 3 is 2.23 bits per heavy atom. The standard InChI is InChI=1S/C8H8F3N.ClH/c1-8(10,11)6-4-5(9)2-3-7(6)12;/h2-4H,12H2,1H3;1H. The first-order valence-electron chi connectivity index (χ1n) is 3.34. The van der Waals surface area contributed by atoms with Crippen molar-refractivity contribution in [1.29, 1.82) is 0 Å². The molecule has 74 valence electrons. The number of nitrogens with two attached hydrogens (primary N) is 1. The first kappa shape index (κ1) is 12.1. The molecule has 0 amide bonds. The van der Waals surface area contributed by atoms with Gasteiger partial charge in [-0.05, 0) is 18.2 Å². The fourth-order valence-electron chi connectivity index (χ4n) is 0.909. The van der Waals surface area contributed by atoms with E-state index in [0.29, 0.717) is 6.92 Å². The summed E-state index contributed by atoms with van der Waals surface area (Å²) in [6.07, 6.45) is 0. The summed E-state index contributed by atoms with van der Waals surface area (Å²) in [5, 5.41) is 0. The topological polar surface area (TPSA) is 26.0 Å². The van der Waals surface area contributed by atoms with Crippen LogP contribution in [0, 0.1) is 5.82 Å². The van der Waals surface area contributed by atoms with Gasteiger partial charge in [0.1, 0.15) is 5.82 Å². The van der Waals surface area contributed by atoms with Gasteiger partial charge in [-0.1, -0.05) is 0 Å². The lowest BCUT2D eigenvalue weighted by molar-refractivity contribution is 0.0180. The van der Waals surface area contributed by atoms with Crippen LogP contribution >= 0.6 is 12.4 Å². The molecule has 0 aromatic heterocycles. The van der Waals surface area contributed by atoms with Crippen LogP contribution in [0.4, 0.5) is 18.9 Å². The van der Waals surface area contributed by atoms with E-state index in [2.05, 4.69) is 0 Å². The van der Waals surface area contributed by atoms with E-state index in [0.717, 1.165) is 18.2 Å². The Bertz CT molecular complexity index is 296. The summed E-state index contributed by atoms with van der Waals surface area (Å²) in [6.45, 7) is 0.679. The van der Waals surface area contributed by atoms with E-state index in [4.69, 9.17) is 5.73 Å². The first-order valence-corrected chi connectivity index (χ1v) is 3.34. The fraction of sp³-hybridized carbons (Fsp3) is 0.250. The smallest absolute Gasteiger partial charge is 0.272 e. The van der Waals surface area contributed by atoms with E-state index in [-0.39, 0.29) is 18.1 Å². The van der Waals surface area contributed by atoms with Crippen LogP contribution in [-0.2, 0) is 5.92 Å². The zero-order chi connectivity index (χ0) is 9.35. The van der Waals surface area contributed by atoms with Crippen molar-refractivity contribution in [1.82, 2.24) is 0 Å². The molecule has 0 saturated carbocycles. The summed E-state index contributed by atoms with van der Waals surface area (Å²) in [5.74, 6) is -3.80. The van der Waals surface area contributed by atoms with E-state index >= 15 is 0 Å². The number of hydrogen-bond acceptors (Lipinski definition) is 1. The molecule has 0 fully saturated rings. The largest absolute Gasteiger partial charge is 0.398 e. The first-order chi connectivity index (χ1) is 5.41. The molecule has 0 atom stereocenters. The SMILES string of the molecule is CC(F)(F)c1cc(F)ccc1N.Cl. The normalized spacial score (nSPS) is 10.8. The van der Waals surface area contributed by atoms with Crippen LogP contribution in [0.3, 0.4) is 0 Å². The lowest BCUT2D eigenvalue weighted by Crippen LogP contribution is -2.10. The van der Waals surface area contributed by atoms with E-state index in [1.165, 1.54) is 0 Å². The number of halogens is 4. The fourth-order valence-corrected chi connectivity index (χ4v) is 0.909. The molecular weight excluding hydrogens is 203 g/mol. The lowest BCUT2D eigenvalue weighted by Gasteiger charge is -2.12. The molecule has 0 saturated heterocycles. The Hall–Kier alpha value is -0.900. The Balaban J connectivity index is 0.00000144. The Kier molecular flexibility index (Phi) is 3.60. The Morgan fingerprint density at radius 2 is 1.85 bits per heavy atom. The predicted molar refractivity (Wildman–Crippen MR) is 47.6 cm³/mol. The molecule has 0 aliphatic heterocycles. The van der Waals surface area contributed by atoms with Crippen molar-refractivity contribution in [3.63, 3.8) is 0 Å². The maximum atomic E-state index is 12.6. The molecule has 13 heavy (non-hydrogen) atoms. The van der Waals surface area contributed by atoms with Crippen molar-refractivity contribution >= 4 is 18.1 Å². The minimum Gasteiger partial charge on any atom is -0.398 e. The van der Waals surface area contributed by atoms with Gasteiger partial charge in [0.25, 0.3) is 5.92 Å². The van der Waals surface area contributed by atoms with Crippen LogP contribution in [0.5, 0.6) is 0 Å². The van der Waals surface area contributed by atoms with Crippen LogP contribution in [0.25, 0.3) is 0 Å². The third-order valence-electron chi connectivity index (χ3n) is 1.49. The van der Waals surface area contributed by atoms with Crippen LogP contribution in [0.2, 0.25) is 0 Å². The molecule has 0 heterocycles. The minimum absolute atomic E-state index is 0. The quantitative estimate of drug-likeness (QED) is 0.711. The van der Waals surface area contributed by atoms with E-state index in [1.54, 1.807) is 0 Å². The summed E-state index contributed by atoms with van der Waals surface area (Å²) in [5.41, 5.74) is 4.67. The van der Waals surface area contributed by atoms with Crippen LogP contribution in [0.1, 0.15) is 12.5 Å². The number of anilines is 1. The Morgan fingerprint density at radius 1 is 1.31 bits per heavy atom. The van der Waals surface area contributed by atoms with Gasteiger partial charge >= 0.3 is 0 Å². The van der Waals surface area contributed by atoms with Crippen molar-refractivity contribution in [2.75, 3.05) is 5.73 Å². The highest BCUT2D eigenvalue weighted by Crippen LogP contribution is 2.31. The molecular formula is C8H9ClF3N. The van der Waals surface area contributed by atoms with Crippen LogP contribution in [0.15, 0.2) is 18.2 Å². The molecule has 0 aliphatic carbocycles.